The van der Waals surface area contributed by atoms with E-state index in [1.807, 2.05) is 48.7 Å². The summed E-state index contributed by atoms with van der Waals surface area (Å²) < 4.78 is 5.99. The molecule has 10 heteroatoms. The average molecular weight is 492 g/mol. The van der Waals surface area contributed by atoms with Gasteiger partial charge >= 0.3 is 0 Å². The van der Waals surface area contributed by atoms with Gasteiger partial charge in [0.2, 0.25) is 5.95 Å². The monoisotopic (exact) mass is 491 g/mol. The van der Waals surface area contributed by atoms with Gasteiger partial charge in [0.1, 0.15) is 17.9 Å². The highest BCUT2D eigenvalue weighted by molar-refractivity contribution is 5.86. The van der Waals surface area contributed by atoms with E-state index >= 15 is 0 Å². The summed E-state index contributed by atoms with van der Waals surface area (Å²) in [6.45, 7) is 0.387. The van der Waals surface area contributed by atoms with Gasteiger partial charge in [0, 0.05) is 40.6 Å². The molecule has 0 bridgehead atoms. The van der Waals surface area contributed by atoms with Crippen molar-refractivity contribution >= 4 is 39.5 Å². The van der Waals surface area contributed by atoms with E-state index in [0.717, 1.165) is 22.3 Å². The molecule has 0 saturated heterocycles. The molecule has 7 N–H and O–H groups in total. The second kappa shape index (κ2) is 9.59. The molecule has 0 spiro atoms. The van der Waals surface area contributed by atoms with Crippen molar-refractivity contribution in [3.05, 3.63) is 85.1 Å². The highest BCUT2D eigenvalue weighted by Crippen LogP contribution is 2.27. The molecular formula is C27H25N9O. The third-order valence-electron chi connectivity index (χ3n) is 6.12. The van der Waals surface area contributed by atoms with Crippen molar-refractivity contribution in [1.82, 2.24) is 29.9 Å². The minimum Gasteiger partial charge on any atom is -0.490 e. The molecule has 0 saturated carbocycles. The van der Waals surface area contributed by atoms with Gasteiger partial charge < -0.3 is 31.5 Å². The highest BCUT2D eigenvalue weighted by atomic mass is 16.5. The Kier molecular flexibility index (Phi) is 5.83. The minimum atomic E-state index is -0.148. The number of rotatable bonds is 8. The first-order valence-corrected chi connectivity index (χ1v) is 11.8. The van der Waals surface area contributed by atoms with Gasteiger partial charge in [-0.15, -0.1) is 0 Å². The van der Waals surface area contributed by atoms with Crippen LogP contribution in [0.15, 0.2) is 79.5 Å². The van der Waals surface area contributed by atoms with E-state index in [2.05, 4.69) is 47.4 Å². The van der Waals surface area contributed by atoms with Crippen molar-refractivity contribution in [2.24, 2.45) is 5.73 Å². The molecule has 37 heavy (non-hydrogen) atoms. The molecule has 184 valence electrons. The predicted octanol–water partition coefficient (Wildman–Crippen LogP) is 4.17. The van der Waals surface area contributed by atoms with Gasteiger partial charge in [0.25, 0.3) is 0 Å². The maximum atomic E-state index is 6.38. The Balaban J connectivity index is 1.11. The molecule has 0 aliphatic heterocycles. The maximum absolute atomic E-state index is 6.38. The van der Waals surface area contributed by atoms with Crippen molar-refractivity contribution in [3.8, 4) is 16.9 Å². The van der Waals surface area contributed by atoms with Crippen LogP contribution < -0.4 is 21.5 Å². The van der Waals surface area contributed by atoms with Gasteiger partial charge in [-0.1, -0.05) is 30.3 Å². The van der Waals surface area contributed by atoms with Gasteiger partial charge in [0.05, 0.1) is 12.5 Å². The van der Waals surface area contributed by atoms with Crippen LogP contribution in [0.3, 0.4) is 0 Å². The van der Waals surface area contributed by atoms with E-state index in [-0.39, 0.29) is 12.0 Å². The van der Waals surface area contributed by atoms with Crippen LogP contribution >= 0.6 is 0 Å². The number of hydrogen-bond donors (Lipinski definition) is 5. The van der Waals surface area contributed by atoms with E-state index in [0.29, 0.717) is 35.8 Å². The first kappa shape index (κ1) is 22.5. The van der Waals surface area contributed by atoms with Crippen LogP contribution in [0.5, 0.6) is 5.75 Å². The highest BCUT2D eigenvalue weighted by Gasteiger charge is 2.11. The van der Waals surface area contributed by atoms with Gasteiger partial charge in [-0.3, -0.25) is 4.98 Å². The fraction of sp³-hybridized carbons (Fsp3) is 0.111. The number of nitrogens with two attached hydrogens (primary N) is 2. The van der Waals surface area contributed by atoms with Crippen LogP contribution in [0.25, 0.3) is 33.2 Å². The van der Waals surface area contributed by atoms with Crippen LogP contribution in [-0.2, 0) is 6.42 Å². The molecule has 0 fully saturated rings. The number of benzene rings is 2. The van der Waals surface area contributed by atoms with Crippen molar-refractivity contribution in [1.29, 1.82) is 0 Å². The van der Waals surface area contributed by atoms with E-state index in [1.165, 1.54) is 10.9 Å². The lowest BCUT2D eigenvalue weighted by Gasteiger charge is -2.13. The molecule has 6 rings (SSSR count). The molecule has 0 aliphatic rings. The van der Waals surface area contributed by atoms with Gasteiger partial charge in [0.15, 0.2) is 11.5 Å². The lowest BCUT2D eigenvalue weighted by Crippen LogP contribution is -2.30. The fourth-order valence-corrected chi connectivity index (χ4v) is 4.32. The van der Waals surface area contributed by atoms with Crippen molar-refractivity contribution in [2.45, 2.75) is 12.5 Å². The number of pyridine rings is 1. The Morgan fingerprint density at radius 3 is 2.73 bits per heavy atom. The predicted molar refractivity (Wildman–Crippen MR) is 145 cm³/mol. The van der Waals surface area contributed by atoms with Crippen molar-refractivity contribution in [2.75, 3.05) is 17.7 Å². The summed E-state index contributed by atoms with van der Waals surface area (Å²) in [5.74, 6) is 1.39. The molecule has 0 unspecified atom stereocenters. The van der Waals surface area contributed by atoms with E-state index in [9.17, 15) is 0 Å². The van der Waals surface area contributed by atoms with Crippen LogP contribution in [0.2, 0.25) is 0 Å². The number of ether oxygens (including phenoxy) is 1. The zero-order valence-electron chi connectivity index (χ0n) is 19.8. The molecular weight excluding hydrogens is 466 g/mol. The van der Waals surface area contributed by atoms with Crippen molar-refractivity contribution in [3.63, 3.8) is 0 Å². The molecule has 0 radical (unpaired) electrons. The first-order valence-electron chi connectivity index (χ1n) is 11.8. The number of nitrogens with zero attached hydrogens (tertiary/aromatic N) is 4. The summed E-state index contributed by atoms with van der Waals surface area (Å²) >= 11 is 0. The molecule has 6 aromatic rings. The first-order chi connectivity index (χ1) is 18.1. The number of imidazole rings is 1. The van der Waals surface area contributed by atoms with Gasteiger partial charge in [-0.25, -0.2) is 4.98 Å². The number of hydrogen-bond acceptors (Lipinski definition) is 8. The minimum absolute atomic E-state index is 0.148. The quantitative estimate of drug-likeness (QED) is 0.212. The standard InChI is InChI=1S/C27H25N9O/c28-19(9-18-12-31-23-4-2-1-3-22(18)23)14-37-21-10-17(11-30-13-21)16-5-7-20(8-6-16)34-26-24-25(33-15-32-24)35-27(29)36-26/h1-8,10-13,15,19,31H,9,14,28H2,(H4,29,32,33,34,35,36)/t19-/m0/s1. The average Bonchev–Trinajstić information content (AvgIpc) is 3.55. The molecule has 4 aromatic heterocycles. The second-order valence-electron chi connectivity index (χ2n) is 8.78. The number of aromatic amines is 2. The number of H-pyrrole nitrogens is 2. The Hall–Kier alpha value is -4.96. The molecule has 4 heterocycles. The fourth-order valence-electron chi connectivity index (χ4n) is 4.32. The number of anilines is 3. The zero-order chi connectivity index (χ0) is 25.2. The van der Waals surface area contributed by atoms with Gasteiger partial charge in [-0.05, 0) is 41.8 Å². The summed E-state index contributed by atoms with van der Waals surface area (Å²) in [4.78, 5) is 23.2. The number of aromatic nitrogens is 6. The Labute approximate surface area is 212 Å². The van der Waals surface area contributed by atoms with Crippen LogP contribution in [-0.4, -0.2) is 42.6 Å². The van der Waals surface area contributed by atoms with Crippen LogP contribution in [0.1, 0.15) is 5.56 Å². The summed E-state index contributed by atoms with van der Waals surface area (Å²) in [6, 6.07) is 17.9. The molecule has 0 aliphatic carbocycles. The summed E-state index contributed by atoms with van der Waals surface area (Å²) in [5, 5.41) is 4.46. The van der Waals surface area contributed by atoms with Crippen LogP contribution in [0.4, 0.5) is 17.5 Å². The largest absolute Gasteiger partial charge is 0.490 e. The third-order valence-corrected chi connectivity index (χ3v) is 6.12. The van der Waals surface area contributed by atoms with Crippen molar-refractivity contribution < 1.29 is 4.74 Å². The summed E-state index contributed by atoms with van der Waals surface area (Å²) in [7, 11) is 0. The van der Waals surface area contributed by atoms with E-state index in [4.69, 9.17) is 16.2 Å². The number of nitrogens with one attached hydrogen (secondary N) is 3. The third kappa shape index (κ3) is 4.78. The SMILES string of the molecule is Nc1nc(Nc2ccc(-c3cncc(OC[C@@H](N)Cc4c[nH]c5ccccc45)c3)cc2)c2[nH]cnc2n1. The van der Waals surface area contributed by atoms with Gasteiger partial charge in [-0.2, -0.15) is 9.97 Å². The number of para-hydroxylation sites is 1. The Morgan fingerprint density at radius 1 is 0.973 bits per heavy atom. The molecule has 1 atom stereocenters. The second-order valence-corrected chi connectivity index (χ2v) is 8.78. The molecule has 0 amide bonds. The number of nitrogen functional groups attached to an aromatic ring is 1. The van der Waals surface area contributed by atoms with Crippen LogP contribution in [0, 0.1) is 0 Å². The Morgan fingerprint density at radius 2 is 1.84 bits per heavy atom. The smallest absolute Gasteiger partial charge is 0.224 e. The van der Waals surface area contributed by atoms with E-state index in [1.54, 1.807) is 18.7 Å². The molecule has 10 nitrogen and oxygen atoms in total. The lowest BCUT2D eigenvalue weighted by molar-refractivity contribution is 0.287. The topological polar surface area (TPSA) is 156 Å². The summed E-state index contributed by atoms with van der Waals surface area (Å²) in [5.41, 5.74) is 18.5. The van der Waals surface area contributed by atoms with E-state index < -0.39 is 0 Å². The zero-order valence-corrected chi connectivity index (χ0v) is 19.8. The lowest BCUT2D eigenvalue weighted by atomic mass is 10.1. The number of fused-ring (bicyclic) bond motifs is 2. The Bertz CT molecular complexity index is 1670. The summed E-state index contributed by atoms with van der Waals surface area (Å²) in [6.07, 6.45) is 7.80. The normalized spacial score (nSPS) is 12.1. The maximum Gasteiger partial charge on any atom is 0.224 e. The molecule has 2 aromatic carbocycles.